The summed E-state index contributed by atoms with van der Waals surface area (Å²) in [4.78, 5) is 4.46. The predicted molar refractivity (Wildman–Crippen MR) is 171 cm³/mol. The highest BCUT2D eigenvalue weighted by Crippen LogP contribution is 2.43. The Balaban J connectivity index is 1.20. The molecule has 0 bridgehead atoms. The number of likely N-dealkylation sites (N-methyl/N-ethyl adjacent to an activating group) is 2. The van der Waals surface area contributed by atoms with E-state index in [2.05, 4.69) is 35.0 Å². The van der Waals surface area contributed by atoms with Crippen LogP contribution >= 0.6 is 0 Å². The molecular formula is C36H40N2O7. The Bertz CT molecular complexity index is 1670. The summed E-state index contributed by atoms with van der Waals surface area (Å²) in [5, 5.41) is 20.7. The Kier molecular flexibility index (Phi) is 8.65. The minimum absolute atomic E-state index is 0.0536. The van der Waals surface area contributed by atoms with E-state index < -0.39 is 0 Å². The lowest BCUT2D eigenvalue weighted by Crippen LogP contribution is -2.34. The summed E-state index contributed by atoms with van der Waals surface area (Å²) in [5.41, 5.74) is 5.53. The average molecular weight is 613 g/mol. The molecule has 2 heterocycles. The van der Waals surface area contributed by atoms with Gasteiger partial charge in [0.15, 0.2) is 34.5 Å². The number of ether oxygens (including phenoxy) is 5. The third-order valence-electron chi connectivity index (χ3n) is 8.93. The fraction of sp³-hybridized carbons (Fsp3) is 0.333. The number of aromatic hydroxyl groups is 2. The normalized spacial score (nSPS) is 18.0. The van der Waals surface area contributed by atoms with Crippen molar-refractivity contribution in [2.24, 2.45) is 0 Å². The fourth-order valence-corrected chi connectivity index (χ4v) is 6.35. The van der Waals surface area contributed by atoms with Gasteiger partial charge in [0.05, 0.1) is 21.3 Å². The minimum atomic E-state index is 0.0536. The summed E-state index contributed by atoms with van der Waals surface area (Å²) < 4.78 is 28.6. The van der Waals surface area contributed by atoms with Crippen LogP contribution in [0.1, 0.15) is 39.9 Å². The number of hydrogen-bond donors (Lipinski definition) is 2. The molecule has 9 heteroatoms. The molecule has 4 aromatic carbocycles. The van der Waals surface area contributed by atoms with E-state index in [9.17, 15) is 10.2 Å². The second kappa shape index (κ2) is 12.8. The first kappa shape index (κ1) is 30.4. The number of phenols is 2. The van der Waals surface area contributed by atoms with Crippen molar-refractivity contribution in [1.82, 2.24) is 9.80 Å². The molecule has 0 spiro atoms. The zero-order valence-electron chi connectivity index (χ0n) is 26.4. The number of rotatable bonds is 9. The Hall–Kier alpha value is -4.60. The van der Waals surface area contributed by atoms with Crippen LogP contribution < -0.4 is 23.7 Å². The number of benzene rings is 4. The van der Waals surface area contributed by atoms with E-state index in [-0.39, 0.29) is 23.6 Å². The number of hydrogen-bond acceptors (Lipinski definition) is 9. The van der Waals surface area contributed by atoms with Crippen LogP contribution in [-0.4, -0.2) is 68.7 Å². The molecule has 0 fully saturated rings. The maximum absolute atomic E-state index is 10.5. The summed E-state index contributed by atoms with van der Waals surface area (Å²) in [5.74, 6) is 3.83. The van der Waals surface area contributed by atoms with Crippen molar-refractivity contribution in [2.45, 2.75) is 31.3 Å². The molecular weight excluding hydrogens is 572 g/mol. The number of methoxy groups -OCH3 is 3. The van der Waals surface area contributed by atoms with E-state index in [0.717, 1.165) is 48.1 Å². The quantitative estimate of drug-likeness (QED) is 0.227. The van der Waals surface area contributed by atoms with Gasteiger partial charge in [0.1, 0.15) is 18.2 Å². The highest BCUT2D eigenvalue weighted by molar-refractivity contribution is 5.53. The zero-order chi connectivity index (χ0) is 31.7. The molecule has 2 aliphatic rings. The van der Waals surface area contributed by atoms with Crippen LogP contribution in [0.2, 0.25) is 0 Å². The van der Waals surface area contributed by atoms with E-state index in [1.807, 2.05) is 49.5 Å². The zero-order valence-corrected chi connectivity index (χ0v) is 26.4. The van der Waals surface area contributed by atoms with Gasteiger partial charge >= 0.3 is 0 Å². The van der Waals surface area contributed by atoms with Crippen LogP contribution in [-0.2, 0) is 19.3 Å². The summed E-state index contributed by atoms with van der Waals surface area (Å²) in [6.45, 7) is 1.35. The Labute approximate surface area is 264 Å². The predicted octanol–water partition coefficient (Wildman–Crippen LogP) is 6.25. The smallest absolute Gasteiger partial charge is 0.169 e. The molecule has 0 amide bonds. The van der Waals surface area contributed by atoms with Crippen LogP contribution in [0.4, 0.5) is 0 Å². The molecule has 6 rings (SSSR count). The van der Waals surface area contributed by atoms with Crippen molar-refractivity contribution in [3.8, 4) is 46.0 Å². The lowest BCUT2D eigenvalue weighted by molar-refractivity contribution is 0.0819. The third-order valence-corrected chi connectivity index (χ3v) is 8.93. The molecule has 0 saturated heterocycles. The first-order chi connectivity index (χ1) is 21.8. The van der Waals surface area contributed by atoms with Gasteiger partial charge in [0.25, 0.3) is 0 Å². The molecule has 2 atom stereocenters. The maximum Gasteiger partial charge on any atom is 0.169 e. The molecule has 2 unspecified atom stereocenters. The standard InChI is InChI=1S/C36H40N2O7/c1-37-13-12-24-17-34(42-4)30(39)18-26(24)28(37)15-23-8-11-32(41-3)36(16-23)45-25-9-6-22(7-10-25)14-29-27-19-35(43-5)31(40)20-33(27)44-21-38(29)2/h6-11,16-20,28-29,39-40H,12-15,21H2,1-5H3. The second-order valence-electron chi connectivity index (χ2n) is 11.7. The Morgan fingerprint density at radius 3 is 2.07 bits per heavy atom. The Morgan fingerprint density at radius 1 is 0.689 bits per heavy atom. The number of fused-ring (bicyclic) bond motifs is 2. The highest BCUT2D eigenvalue weighted by Gasteiger charge is 2.29. The van der Waals surface area contributed by atoms with Crippen LogP contribution in [0.3, 0.4) is 0 Å². The Morgan fingerprint density at radius 2 is 1.33 bits per heavy atom. The molecule has 45 heavy (non-hydrogen) atoms. The fourth-order valence-electron chi connectivity index (χ4n) is 6.35. The molecule has 9 nitrogen and oxygen atoms in total. The van der Waals surface area contributed by atoms with Gasteiger partial charge in [-0.2, -0.15) is 0 Å². The molecule has 236 valence electrons. The van der Waals surface area contributed by atoms with E-state index in [1.54, 1.807) is 27.4 Å². The van der Waals surface area contributed by atoms with E-state index in [4.69, 9.17) is 23.7 Å². The van der Waals surface area contributed by atoms with Crippen molar-refractivity contribution in [3.05, 3.63) is 94.5 Å². The SMILES string of the molecule is COc1cc2c(cc1O)C(Cc1ccc(OC)c(Oc3ccc(CC4c5cc(OC)c(O)cc5OCN4C)cc3)c1)N(C)CC2. The van der Waals surface area contributed by atoms with E-state index in [0.29, 0.717) is 41.2 Å². The summed E-state index contributed by atoms with van der Waals surface area (Å²) >= 11 is 0. The second-order valence-corrected chi connectivity index (χ2v) is 11.7. The average Bonchev–Trinajstić information content (AvgIpc) is 3.04. The third kappa shape index (κ3) is 6.18. The largest absolute Gasteiger partial charge is 0.504 e. The number of phenolic OH excluding ortho intramolecular Hbond substituents is 2. The number of nitrogens with zero attached hydrogens (tertiary/aromatic N) is 2. The van der Waals surface area contributed by atoms with Gasteiger partial charge in [-0.3, -0.25) is 9.80 Å². The molecule has 0 aromatic heterocycles. The van der Waals surface area contributed by atoms with Crippen molar-refractivity contribution in [1.29, 1.82) is 0 Å². The molecule has 2 aliphatic heterocycles. The molecule has 0 radical (unpaired) electrons. The van der Waals surface area contributed by atoms with Crippen molar-refractivity contribution < 1.29 is 33.9 Å². The summed E-state index contributed by atoms with van der Waals surface area (Å²) in [7, 11) is 8.91. The first-order valence-electron chi connectivity index (χ1n) is 15.1. The van der Waals surface area contributed by atoms with Crippen molar-refractivity contribution in [3.63, 3.8) is 0 Å². The van der Waals surface area contributed by atoms with Gasteiger partial charge < -0.3 is 33.9 Å². The van der Waals surface area contributed by atoms with Gasteiger partial charge in [-0.15, -0.1) is 0 Å². The van der Waals surface area contributed by atoms with Crippen LogP contribution in [0.5, 0.6) is 46.0 Å². The van der Waals surface area contributed by atoms with Gasteiger partial charge in [0, 0.05) is 30.3 Å². The van der Waals surface area contributed by atoms with Gasteiger partial charge in [-0.1, -0.05) is 18.2 Å². The van der Waals surface area contributed by atoms with Gasteiger partial charge in [0.2, 0.25) is 0 Å². The molecule has 0 saturated carbocycles. The van der Waals surface area contributed by atoms with Gasteiger partial charge in [-0.05, 0) is 98.1 Å². The first-order valence-corrected chi connectivity index (χ1v) is 15.1. The lowest BCUT2D eigenvalue weighted by Gasteiger charge is -2.35. The van der Waals surface area contributed by atoms with Crippen LogP contribution in [0.25, 0.3) is 0 Å². The molecule has 4 aromatic rings. The van der Waals surface area contributed by atoms with Crippen molar-refractivity contribution in [2.75, 3.05) is 48.7 Å². The lowest BCUT2D eigenvalue weighted by atomic mass is 9.88. The van der Waals surface area contributed by atoms with E-state index in [1.165, 1.54) is 5.56 Å². The van der Waals surface area contributed by atoms with E-state index >= 15 is 0 Å². The molecule has 2 N–H and O–H groups in total. The molecule has 0 aliphatic carbocycles. The van der Waals surface area contributed by atoms with Crippen LogP contribution in [0.15, 0.2) is 66.7 Å². The van der Waals surface area contributed by atoms with Crippen LogP contribution in [0, 0.1) is 0 Å². The monoisotopic (exact) mass is 612 g/mol. The summed E-state index contributed by atoms with van der Waals surface area (Å²) in [6.07, 6.45) is 2.40. The van der Waals surface area contributed by atoms with Crippen molar-refractivity contribution >= 4 is 0 Å². The maximum atomic E-state index is 10.5. The highest BCUT2D eigenvalue weighted by atomic mass is 16.5. The topological polar surface area (TPSA) is 93.1 Å². The minimum Gasteiger partial charge on any atom is -0.504 e. The summed E-state index contributed by atoms with van der Waals surface area (Å²) in [6, 6.07) is 21.6. The van der Waals surface area contributed by atoms with Gasteiger partial charge in [-0.25, -0.2) is 0 Å².